The second kappa shape index (κ2) is 12.3. The molecule has 12 nitrogen and oxygen atoms in total. The van der Waals surface area contributed by atoms with Crippen molar-refractivity contribution >= 4 is 48.3 Å². The molecule has 0 saturated carbocycles. The van der Waals surface area contributed by atoms with Crippen LogP contribution in [0.2, 0.25) is 0 Å². The van der Waals surface area contributed by atoms with Gasteiger partial charge in [0, 0.05) is 0 Å². The van der Waals surface area contributed by atoms with Gasteiger partial charge in [0.15, 0.2) is 0 Å². The average molecular weight is 572 g/mol. The average Bonchev–Trinajstić information content (AvgIpc) is 3.11. The first-order valence-electron chi connectivity index (χ1n) is 11.1. The van der Waals surface area contributed by atoms with Crippen molar-refractivity contribution in [3.63, 3.8) is 0 Å². The predicted molar refractivity (Wildman–Crippen MR) is 123 cm³/mol. The van der Waals surface area contributed by atoms with Gasteiger partial charge in [-0.2, -0.15) is 0 Å². The molecule has 1 aliphatic heterocycles. The first kappa shape index (κ1) is 27.6. The van der Waals surface area contributed by atoms with Crippen LogP contribution in [0.4, 0.5) is 0 Å². The van der Waals surface area contributed by atoms with Crippen molar-refractivity contribution in [1.82, 2.24) is 3.56 Å². The maximum absolute atomic E-state index is 12.6. The van der Waals surface area contributed by atoms with Gasteiger partial charge in [-0.25, -0.2) is 0 Å². The Morgan fingerprint density at radius 2 is 1.50 bits per heavy atom. The maximum atomic E-state index is 12.6. The van der Waals surface area contributed by atoms with Gasteiger partial charge < -0.3 is 0 Å². The Morgan fingerprint density at radius 1 is 0.889 bits per heavy atom. The van der Waals surface area contributed by atoms with Crippen LogP contribution < -0.4 is 5.56 Å². The molecule has 1 saturated heterocycles. The van der Waals surface area contributed by atoms with E-state index in [1.54, 1.807) is 15.7 Å². The fourth-order valence-corrected chi connectivity index (χ4v) is 5.79. The molecule has 2 aromatic rings. The normalized spacial score (nSPS) is 23.6. The Kier molecular flexibility index (Phi) is 9.43. The van der Waals surface area contributed by atoms with E-state index in [1.807, 2.05) is 12.1 Å². The van der Waals surface area contributed by atoms with E-state index in [-0.39, 0.29) is 40.1 Å². The first-order valence-corrected chi connectivity index (χ1v) is 12.7. The molecular formula is C23H27NO11Se. The monoisotopic (exact) mass is 573 g/mol. The predicted octanol–water partition coefficient (Wildman–Crippen LogP) is 0.158. The second-order valence-electron chi connectivity index (χ2n) is 7.93. The molecule has 3 rings (SSSR count). The molecule has 0 amide bonds. The molecule has 1 aliphatic rings. The molecule has 1 aromatic heterocycles. The van der Waals surface area contributed by atoms with Gasteiger partial charge in [0.05, 0.1) is 0 Å². The zero-order valence-corrected chi connectivity index (χ0v) is 21.9. The molecular weight excluding hydrogens is 545 g/mol. The summed E-state index contributed by atoms with van der Waals surface area (Å²) in [5.41, 5.74) is -0.115. The third-order valence-corrected chi connectivity index (χ3v) is 7.43. The summed E-state index contributed by atoms with van der Waals surface area (Å²) >= 11 is -0.224. The van der Waals surface area contributed by atoms with Gasteiger partial charge >= 0.3 is 212 Å². The van der Waals surface area contributed by atoms with Gasteiger partial charge in [-0.05, 0) is 0 Å². The van der Waals surface area contributed by atoms with Crippen LogP contribution in [0.1, 0.15) is 27.7 Å². The Morgan fingerprint density at radius 3 is 2.11 bits per heavy atom. The van der Waals surface area contributed by atoms with E-state index in [0.29, 0.717) is 5.39 Å². The van der Waals surface area contributed by atoms with Crippen LogP contribution in [0.5, 0.6) is 0 Å². The van der Waals surface area contributed by atoms with E-state index in [9.17, 15) is 24.0 Å². The van der Waals surface area contributed by atoms with E-state index >= 15 is 0 Å². The van der Waals surface area contributed by atoms with Gasteiger partial charge in [0.2, 0.25) is 0 Å². The third-order valence-electron chi connectivity index (χ3n) is 5.08. The standard InChI is InChI=1S/C23H27NO11Se/c1-12(25)31-11-17-19(32-13(2)26)20(33-14(3)27)21(34-15(4)28)23(35-17)30-10-9-24-22(29)16-7-5-6-8-18(16)36-24/h5-8,17,19-21,23H,9-11H2,1-4H3/t17-,19-,20+,21-,23-/m1/s1. The van der Waals surface area contributed by atoms with Gasteiger partial charge in [-0.15, -0.1) is 0 Å². The molecule has 0 aliphatic carbocycles. The van der Waals surface area contributed by atoms with Gasteiger partial charge in [0.25, 0.3) is 0 Å². The number of nitrogens with zero attached hydrogens (tertiary/aromatic N) is 1. The summed E-state index contributed by atoms with van der Waals surface area (Å²) in [5.74, 6) is -2.78. The quantitative estimate of drug-likeness (QED) is 0.230. The third kappa shape index (κ3) is 7.03. The van der Waals surface area contributed by atoms with Gasteiger partial charge in [-0.1, -0.05) is 0 Å². The zero-order valence-electron chi connectivity index (χ0n) is 20.2. The van der Waals surface area contributed by atoms with Crippen molar-refractivity contribution in [1.29, 1.82) is 0 Å². The minimum atomic E-state index is -1.31. The number of rotatable bonds is 9. The molecule has 0 radical (unpaired) electrons. The van der Waals surface area contributed by atoms with E-state index in [2.05, 4.69) is 0 Å². The molecule has 2 heterocycles. The van der Waals surface area contributed by atoms with Crippen molar-refractivity contribution in [3.05, 3.63) is 34.6 Å². The Hall–Kier alpha value is -2.99. The van der Waals surface area contributed by atoms with Crippen molar-refractivity contribution in [2.45, 2.75) is 64.9 Å². The van der Waals surface area contributed by atoms with Gasteiger partial charge in [0.1, 0.15) is 0 Å². The molecule has 0 bridgehead atoms. The SMILES string of the molecule is CC(=O)OC[C@H]1O[C@@H](OCCn2[se]c3ccccc3c2=O)[C@H](OC(C)=O)[C@@H](OC(C)=O)[C@@H]1OC(C)=O. The molecule has 0 spiro atoms. The van der Waals surface area contributed by atoms with Crippen LogP contribution in [0, 0.1) is 0 Å². The number of aromatic nitrogens is 1. The summed E-state index contributed by atoms with van der Waals surface area (Å²) in [6.07, 6.45) is -6.25. The van der Waals surface area contributed by atoms with Crippen molar-refractivity contribution in [2.24, 2.45) is 0 Å². The molecule has 13 heteroatoms. The Balaban J connectivity index is 1.85. The van der Waals surface area contributed by atoms with Crippen LogP contribution in [-0.2, 0) is 54.1 Å². The van der Waals surface area contributed by atoms with Crippen LogP contribution in [0.25, 0.3) is 9.65 Å². The van der Waals surface area contributed by atoms with Crippen molar-refractivity contribution in [2.75, 3.05) is 13.2 Å². The first-order chi connectivity index (χ1) is 17.1. The molecule has 5 atom stereocenters. The number of fused-ring (bicyclic) bond motifs is 1. The number of hydrogen-bond donors (Lipinski definition) is 0. The summed E-state index contributed by atoms with van der Waals surface area (Å²) in [6.45, 7) is 4.49. The van der Waals surface area contributed by atoms with Crippen LogP contribution in [-0.4, -0.2) is 86.1 Å². The molecule has 1 aromatic carbocycles. The number of ether oxygens (including phenoxy) is 6. The Labute approximate surface area is 212 Å². The van der Waals surface area contributed by atoms with Gasteiger partial charge in [-0.3, -0.25) is 0 Å². The van der Waals surface area contributed by atoms with Crippen LogP contribution in [0.15, 0.2) is 29.1 Å². The molecule has 0 N–H and O–H groups in total. The number of carbonyl (C=O) groups is 4. The number of benzene rings is 1. The van der Waals surface area contributed by atoms with Crippen molar-refractivity contribution < 1.29 is 47.6 Å². The summed E-state index contributed by atoms with van der Waals surface area (Å²) in [7, 11) is 0. The van der Waals surface area contributed by atoms with Crippen LogP contribution in [0.3, 0.4) is 0 Å². The number of esters is 4. The van der Waals surface area contributed by atoms with Crippen LogP contribution >= 0.6 is 0 Å². The summed E-state index contributed by atoms with van der Waals surface area (Å²) in [4.78, 5) is 59.6. The second-order valence-corrected chi connectivity index (χ2v) is 10.2. The van der Waals surface area contributed by atoms with E-state index in [1.165, 1.54) is 6.92 Å². The Bertz CT molecular complexity index is 1170. The summed E-state index contributed by atoms with van der Waals surface area (Å²) in [6, 6.07) is 7.32. The summed E-state index contributed by atoms with van der Waals surface area (Å²) in [5, 5.41) is 0.643. The molecule has 0 unspecified atom stereocenters. The fourth-order valence-electron chi connectivity index (χ4n) is 3.74. The molecule has 36 heavy (non-hydrogen) atoms. The fraction of sp³-hybridized carbons (Fsp3) is 0.522. The van der Waals surface area contributed by atoms with E-state index < -0.39 is 54.6 Å². The zero-order chi connectivity index (χ0) is 26.4. The molecule has 1 fully saturated rings. The van der Waals surface area contributed by atoms with E-state index in [0.717, 1.165) is 25.0 Å². The van der Waals surface area contributed by atoms with E-state index in [4.69, 9.17) is 28.4 Å². The topological polar surface area (TPSA) is 146 Å². The minimum absolute atomic E-state index is 0.00474. The van der Waals surface area contributed by atoms with Crippen molar-refractivity contribution in [3.8, 4) is 0 Å². The number of hydrogen-bond acceptors (Lipinski definition) is 11. The molecule has 196 valence electrons. The summed E-state index contributed by atoms with van der Waals surface area (Å²) < 4.78 is 35.4. The number of carbonyl (C=O) groups excluding carboxylic acids is 4.